The number of rotatable bonds is 11. The van der Waals surface area contributed by atoms with Gasteiger partial charge in [-0.05, 0) is 103 Å². The van der Waals surface area contributed by atoms with Gasteiger partial charge in [0, 0.05) is 43.3 Å². The highest BCUT2D eigenvalue weighted by molar-refractivity contribution is 4.88. The molecule has 1 saturated carbocycles. The molecule has 0 bridgehead atoms. The maximum Gasteiger partial charge on any atom is 0.00959 e. The van der Waals surface area contributed by atoms with Crippen molar-refractivity contribution in [3.8, 4) is 0 Å². The molecule has 0 spiro atoms. The van der Waals surface area contributed by atoms with Crippen molar-refractivity contribution in [3.05, 3.63) is 0 Å². The van der Waals surface area contributed by atoms with Crippen molar-refractivity contribution < 1.29 is 0 Å². The van der Waals surface area contributed by atoms with E-state index in [2.05, 4.69) is 77.6 Å². The van der Waals surface area contributed by atoms with Gasteiger partial charge in [-0.1, -0.05) is 27.7 Å². The Morgan fingerprint density at radius 2 is 1.60 bits per heavy atom. The quantitative estimate of drug-likeness (QED) is 0.439. The van der Waals surface area contributed by atoms with Gasteiger partial charge in [0.1, 0.15) is 0 Å². The van der Waals surface area contributed by atoms with Crippen LogP contribution in [0.25, 0.3) is 0 Å². The molecular formula is C27H55N3. The van der Waals surface area contributed by atoms with Crippen molar-refractivity contribution in [1.82, 2.24) is 15.1 Å². The molecule has 0 aromatic carbocycles. The van der Waals surface area contributed by atoms with Crippen molar-refractivity contribution in [1.29, 1.82) is 0 Å². The first-order chi connectivity index (χ1) is 14.1. The molecule has 3 nitrogen and oxygen atoms in total. The van der Waals surface area contributed by atoms with Crippen LogP contribution in [0, 0.1) is 23.7 Å². The van der Waals surface area contributed by atoms with Crippen LogP contribution in [0.2, 0.25) is 0 Å². The number of hydrogen-bond acceptors (Lipinski definition) is 3. The third-order valence-electron chi connectivity index (χ3n) is 8.67. The Morgan fingerprint density at radius 3 is 2.13 bits per heavy atom. The van der Waals surface area contributed by atoms with E-state index in [1.165, 1.54) is 58.0 Å². The number of hydrogen-bond donors (Lipinski definition) is 1. The van der Waals surface area contributed by atoms with E-state index in [1.54, 1.807) is 0 Å². The summed E-state index contributed by atoms with van der Waals surface area (Å²) in [4.78, 5) is 5.41. The summed E-state index contributed by atoms with van der Waals surface area (Å²) in [6, 6.07) is 3.47. The normalized spacial score (nSPS) is 33.9. The molecule has 6 atom stereocenters. The van der Waals surface area contributed by atoms with Crippen molar-refractivity contribution in [2.45, 2.75) is 131 Å². The first-order valence-corrected chi connectivity index (χ1v) is 13.3. The summed E-state index contributed by atoms with van der Waals surface area (Å²) in [6.07, 6.45) is 9.75. The minimum Gasteiger partial charge on any atom is -0.311 e. The van der Waals surface area contributed by atoms with Crippen molar-refractivity contribution in [3.63, 3.8) is 0 Å². The molecule has 1 saturated heterocycles. The fraction of sp³-hybridized carbons (Fsp3) is 1.00. The third-order valence-corrected chi connectivity index (χ3v) is 8.67. The van der Waals surface area contributed by atoms with Gasteiger partial charge in [-0.25, -0.2) is 0 Å². The molecule has 1 heterocycles. The van der Waals surface area contributed by atoms with E-state index in [-0.39, 0.29) is 0 Å². The minimum absolute atomic E-state index is 0.576. The zero-order valence-electron chi connectivity index (χ0n) is 22.0. The van der Waals surface area contributed by atoms with Crippen LogP contribution in [0.4, 0.5) is 0 Å². The molecule has 0 aromatic heterocycles. The zero-order chi connectivity index (χ0) is 22.4. The molecule has 2 rings (SSSR count). The summed E-state index contributed by atoms with van der Waals surface area (Å²) in [5.74, 6) is 3.38. The predicted molar refractivity (Wildman–Crippen MR) is 133 cm³/mol. The van der Waals surface area contributed by atoms with Crippen LogP contribution in [0.1, 0.15) is 100 Å². The lowest BCUT2D eigenvalue weighted by Gasteiger charge is -2.38. The Balaban J connectivity index is 1.68. The number of nitrogens with zero attached hydrogens (tertiary/aromatic N) is 2. The first kappa shape index (κ1) is 26.1. The van der Waals surface area contributed by atoms with Gasteiger partial charge >= 0.3 is 0 Å². The highest BCUT2D eigenvalue weighted by Gasteiger charge is 2.33. The molecule has 2 aliphatic rings. The van der Waals surface area contributed by atoms with Gasteiger partial charge in [-0.15, -0.1) is 0 Å². The van der Waals surface area contributed by atoms with Crippen LogP contribution in [0.5, 0.6) is 0 Å². The molecule has 0 aromatic rings. The second-order valence-electron chi connectivity index (χ2n) is 11.9. The summed E-state index contributed by atoms with van der Waals surface area (Å²) in [7, 11) is 2.37. The molecule has 3 heteroatoms. The predicted octanol–water partition coefficient (Wildman–Crippen LogP) is 6.03. The Morgan fingerprint density at radius 1 is 0.967 bits per heavy atom. The fourth-order valence-corrected chi connectivity index (χ4v) is 6.31. The monoisotopic (exact) mass is 421 g/mol. The molecule has 2 fully saturated rings. The average molecular weight is 422 g/mol. The lowest BCUT2D eigenvalue weighted by atomic mass is 9.81. The van der Waals surface area contributed by atoms with E-state index in [9.17, 15) is 0 Å². The molecule has 6 unspecified atom stereocenters. The summed E-state index contributed by atoms with van der Waals surface area (Å²) >= 11 is 0. The van der Waals surface area contributed by atoms with E-state index < -0.39 is 0 Å². The zero-order valence-corrected chi connectivity index (χ0v) is 22.0. The largest absolute Gasteiger partial charge is 0.311 e. The van der Waals surface area contributed by atoms with Crippen LogP contribution in [-0.4, -0.2) is 60.1 Å². The summed E-state index contributed by atoms with van der Waals surface area (Å²) in [6.45, 7) is 21.7. The van der Waals surface area contributed by atoms with E-state index in [0.717, 1.165) is 35.9 Å². The minimum atomic E-state index is 0.576. The third kappa shape index (κ3) is 7.78. The Labute approximate surface area is 189 Å². The molecule has 1 aliphatic heterocycles. The van der Waals surface area contributed by atoms with Crippen molar-refractivity contribution in [2.24, 2.45) is 23.7 Å². The lowest BCUT2D eigenvalue weighted by molar-refractivity contribution is 0.131. The molecular weight excluding hydrogens is 366 g/mol. The van der Waals surface area contributed by atoms with E-state index in [1.807, 2.05) is 0 Å². The van der Waals surface area contributed by atoms with Crippen LogP contribution < -0.4 is 5.32 Å². The maximum absolute atomic E-state index is 3.93. The molecule has 0 radical (unpaired) electrons. The molecule has 0 amide bonds. The van der Waals surface area contributed by atoms with Crippen LogP contribution in [-0.2, 0) is 0 Å². The SMILES string of the molecule is CC(C)CC1CCC(N(C)CC(C)C(C)NC(C)CCN2C(C)CC(C)C2C)CC1. The number of nitrogens with one attached hydrogen (secondary N) is 1. The summed E-state index contributed by atoms with van der Waals surface area (Å²) in [5, 5.41) is 3.93. The van der Waals surface area contributed by atoms with E-state index in [4.69, 9.17) is 0 Å². The van der Waals surface area contributed by atoms with Crippen molar-refractivity contribution >= 4 is 0 Å². The summed E-state index contributed by atoms with van der Waals surface area (Å²) < 4.78 is 0. The smallest absolute Gasteiger partial charge is 0.00959 e. The maximum atomic E-state index is 3.93. The molecule has 178 valence electrons. The fourth-order valence-electron chi connectivity index (χ4n) is 6.31. The van der Waals surface area contributed by atoms with Gasteiger partial charge in [0.2, 0.25) is 0 Å². The van der Waals surface area contributed by atoms with Crippen LogP contribution in [0.3, 0.4) is 0 Å². The molecule has 1 aliphatic carbocycles. The van der Waals surface area contributed by atoms with Gasteiger partial charge in [0.15, 0.2) is 0 Å². The van der Waals surface area contributed by atoms with Gasteiger partial charge in [0.05, 0.1) is 0 Å². The van der Waals surface area contributed by atoms with Gasteiger partial charge in [0.25, 0.3) is 0 Å². The molecule has 1 N–H and O–H groups in total. The first-order valence-electron chi connectivity index (χ1n) is 13.3. The van der Waals surface area contributed by atoms with Crippen LogP contribution in [0.15, 0.2) is 0 Å². The second kappa shape index (κ2) is 12.2. The van der Waals surface area contributed by atoms with Gasteiger partial charge in [-0.3, -0.25) is 4.90 Å². The van der Waals surface area contributed by atoms with E-state index in [0.29, 0.717) is 18.0 Å². The van der Waals surface area contributed by atoms with E-state index >= 15 is 0 Å². The highest BCUT2D eigenvalue weighted by Crippen LogP contribution is 2.32. The second-order valence-corrected chi connectivity index (χ2v) is 11.9. The average Bonchev–Trinajstić information content (AvgIpc) is 2.91. The standard InChI is InChI=1S/C27H55N3/c1-19(2)16-26-10-12-27(13-11-26)29(9)18-21(4)24(7)28-22(5)14-15-30-23(6)17-20(3)25(30)8/h19-28H,10-18H2,1-9H3. The topological polar surface area (TPSA) is 18.5 Å². The lowest BCUT2D eigenvalue weighted by Crippen LogP contribution is -2.46. The molecule has 30 heavy (non-hydrogen) atoms. The highest BCUT2D eigenvalue weighted by atomic mass is 15.2. The number of likely N-dealkylation sites (tertiary alicyclic amines) is 1. The van der Waals surface area contributed by atoms with Crippen molar-refractivity contribution in [2.75, 3.05) is 20.1 Å². The van der Waals surface area contributed by atoms with Gasteiger partial charge in [-0.2, -0.15) is 0 Å². The Bertz CT molecular complexity index is 471. The summed E-state index contributed by atoms with van der Waals surface area (Å²) in [5.41, 5.74) is 0. The Hall–Kier alpha value is -0.120. The Kier molecular flexibility index (Phi) is 10.6. The van der Waals surface area contributed by atoms with Gasteiger partial charge < -0.3 is 10.2 Å². The van der Waals surface area contributed by atoms with Crippen LogP contribution >= 0.6 is 0 Å².